The number of nitrogens with zero attached hydrogens (tertiary/aromatic N) is 2. The lowest BCUT2D eigenvalue weighted by Crippen LogP contribution is -2.41. The molecule has 5 nitrogen and oxygen atoms in total. The first kappa shape index (κ1) is 15.0. The van der Waals surface area contributed by atoms with Gasteiger partial charge in [0.05, 0.1) is 17.3 Å². The summed E-state index contributed by atoms with van der Waals surface area (Å²) in [6.07, 6.45) is -3.05. The maximum Gasteiger partial charge on any atom is 0.416 e. The smallest absolute Gasteiger partial charge is 0.341 e. The summed E-state index contributed by atoms with van der Waals surface area (Å²) in [6.45, 7) is 3.35. The van der Waals surface area contributed by atoms with E-state index in [4.69, 9.17) is 0 Å². The van der Waals surface area contributed by atoms with Crippen molar-refractivity contribution >= 4 is 5.91 Å². The van der Waals surface area contributed by atoms with Crippen LogP contribution >= 0.6 is 0 Å². The number of rotatable bonds is 3. The van der Waals surface area contributed by atoms with Crippen LogP contribution in [0.4, 0.5) is 13.2 Å². The Labute approximate surface area is 118 Å². The minimum Gasteiger partial charge on any atom is -0.341 e. The predicted molar refractivity (Wildman–Crippen MR) is 68.3 cm³/mol. The zero-order valence-electron chi connectivity index (χ0n) is 11.3. The second-order valence-corrected chi connectivity index (χ2v) is 5.01. The summed E-state index contributed by atoms with van der Waals surface area (Å²) in [5, 5.41) is 12.5. The van der Waals surface area contributed by atoms with E-state index in [-0.39, 0.29) is 5.56 Å². The molecule has 0 aliphatic carbocycles. The van der Waals surface area contributed by atoms with E-state index in [2.05, 4.69) is 20.7 Å². The summed E-state index contributed by atoms with van der Waals surface area (Å²) in [6, 6.07) is 4.25. The first-order valence-electron chi connectivity index (χ1n) is 6.06. The number of H-pyrrole nitrogens is 1. The maximum absolute atomic E-state index is 12.6. The molecular weight excluding hydrogens is 285 g/mol. The second kappa shape index (κ2) is 5.19. The van der Waals surface area contributed by atoms with E-state index in [1.165, 1.54) is 18.3 Å². The Hall–Kier alpha value is -2.38. The molecule has 1 aromatic carbocycles. The molecule has 0 aliphatic heterocycles. The summed E-state index contributed by atoms with van der Waals surface area (Å²) in [7, 11) is 0. The SMILES string of the molecule is CC(C)(NC(=O)c1cccc(C(F)(F)F)c1)c1cn[nH]n1. The third-order valence-corrected chi connectivity index (χ3v) is 2.93. The predicted octanol–water partition coefficient (Wildman–Crippen LogP) is 2.49. The minimum absolute atomic E-state index is 0.0682. The summed E-state index contributed by atoms with van der Waals surface area (Å²) in [5.74, 6) is -0.617. The van der Waals surface area contributed by atoms with Crippen LogP contribution in [0.5, 0.6) is 0 Å². The van der Waals surface area contributed by atoms with Crippen LogP contribution in [0.25, 0.3) is 0 Å². The molecule has 1 amide bonds. The number of benzene rings is 1. The number of amides is 1. The van der Waals surface area contributed by atoms with Gasteiger partial charge in [0.1, 0.15) is 5.69 Å². The van der Waals surface area contributed by atoms with Gasteiger partial charge in [-0.1, -0.05) is 6.07 Å². The highest BCUT2D eigenvalue weighted by molar-refractivity contribution is 5.94. The summed E-state index contributed by atoms with van der Waals surface area (Å²) >= 11 is 0. The number of carbonyl (C=O) groups is 1. The van der Waals surface area contributed by atoms with Crippen LogP contribution in [-0.4, -0.2) is 21.3 Å². The monoisotopic (exact) mass is 298 g/mol. The molecule has 2 rings (SSSR count). The molecule has 0 fully saturated rings. The van der Waals surface area contributed by atoms with E-state index in [0.717, 1.165) is 12.1 Å². The lowest BCUT2D eigenvalue weighted by molar-refractivity contribution is -0.137. The fraction of sp³-hybridized carbons (Fsp3) is 0.308. The molecule has 2 N–H and O–H groups in total. The quantitative estimate of drug-likeness (QED) is 0.914. The molecule has 0 unspecified atom stereocenters. The first-order chi connectivity index (χ1) is 9.70. The second-order valence-electron chi connectivity index (χ2n) is 5.01. The van der Waals surface area contributed by atoms with Crippen molar-refractivity contribution in [2.75, 3.05) is 0 Å². The van der Waals surface area contributed by atoms with Gasteiger partial charge in [0, 0.05) is 5.56 Å². The fourth-order valence-corrected chi connectivity index (χ4v) is 1.76. The van der Waals surface area contributed by atoms with Crippen molar-refractivity contribution in [2.24, 2.45) is 0 Å². The largest absolute Gasteiger partial charge is 0.416 e. The van der Waals surface area contributed by atoms with Gasteiger partial charge in [-0.3, -0.25) is 4.79 Å². The van der Waals surface area contributed by atoms with Gasteiger partial charge in [-0.05, 0) is 32.0 Å². The van der Waals surface area contributed by atoms with Crippen molar-refractivity contribution in [3.63, 3.8) is 0 Å². The molecule has 0 bridgehead atoms. The van der Waals surface area contributed by atoms with E-state index in [1.54, 1.807) is 13.8 Å². The van der Waals surface area contributed by atoms with Crippen molar-refractivity contribution in [3.8, 4) is 0 Å². The number of alkyl halides is 3. The van der Waals surface area contributed by atoms with Gasteiger partial charge >= 0.3 is 6.18 Å². The van der Waals surface area contributed by atoms with Crippen molar-refractivity contribution in [1.29, 1.82) is 0 Å². The van der Waals surface area contributed by atoms with Crippen molar-refractivity contribution in [2.45, 2.75) is 25.6 Å². The average molecular weight is 298 g/mol. The van der Waals surface area contributed by atoms with Gasteiger partial charge in [-0.25, -0.2) is 0 Å². The van der Waals surface area contributed by atoms with Gasteiger partial charge in [-0.15, -0.1) is 0 Å². The topological polar surface area (TPSA) is 70.7 Å². The highest BCUT2D eigenvalue weighted by Gasteiger charge is 2.32. The van der Waals surface area contributed by atoms with Crippen molar-refractivity contribution in [1.82, 2.24) is 20.7 Å². The van der Waals surface area contributed by atoms with E-state index >= 15 is 0 Å². The molecule has 0 radical (unpaired) electrons. The van der Waals surface area contributed by atoms with Crippen LogP contribution in [0.3, 0.4) is 0 Å². The first-order valence-corrected chi connectivity index (χ1v) is 6.06. The minimum atomic E-state index is -4.49. The molecule has 1 aromatic heterocycles. The molecule has 8 heteroatoms. The number of aromatic amines is 1. The number of carbonyl (C=O) groups excluding carboxylic acids is 1. The van der Waals surface area contributed by atoms with Gasteiger partial charge in [0.2, 0.25) is 0 Å². The molecular formula is C13H13F3N4O. The zero-order valence-corrected chi connectivity index (χ0v) is 11.3. The van der Waals surface area contributed by atoms with E-state index in [0.29, 0.717) is 5.69 Å². The Balaban J connectivity index is 2.21. The van der Waals surface area contributed by atoms with Crippen LogP contribution < -0.4 is 5.32 Å². The molecule has 112 valence electrons. The van der Waals surface area contributed by atoms with Gasteiger partial charge in [0.25, 0.3) is 5.91 Å². The van der Waals surface area contributed by atoms with E-state index in [1.807, 2.05) is 0 Å². The van der Waals surface area contributed by atoms with Crippen LogP contribution in [-0.2, 0) is 11.7 Å². The summed E-state index contributed by atoms with van der Waals surface area (Å²) in [5.41, 5.74) is -1.32. The van der Waals surface area contributed by atoms with Gasteiger partial charge < -0.3 is 5.32 Å². The van der Waals surface area contributed by atoms with E-state index < -0.39 is 23.2 Å². The molecule has 1 heterocycles. The number of hydrogen-bond donors (Lipinski definition) is 2. The maximum atomic E-state index is 12.6. The molecule has 0 spiro atoms. The van der Waals surface area contributed by atoms with Gasteiger partial charge in [-0.2, -0.15) is 28.6 Å². The van der Waals surface area contributed by atoms with Crippen LogP contribution in [0.1, 0.15) is 35.5 Å². The Morgan fingerprint density at radius 1 is 1.29 bits per heavy atom. The lowest BCUT2D eigenvalue weighted by Gasteiger charge is -2.23. The van der Waals surface area contributed by atoms with Gasteiger partial charge in [0.15, 0.2) is 0 Å². The molecule has 0 aliphatic rings. The van der Waals surface area contributed by atoms with E-state index in [9.17, 15) is 18.0 Å². The molecule has 21 heavy (non-hydrogen) atoms. The van der Waals surface area contributed by atoms with Crippen molar-refractivity contribution < 1.29 is 18.0 Å². The van der Waals surface area contributed by atoms with Crippen molar-refractivity contribution in [3.05, 3.63) is 47.3 Å². The summed E-state index contributed by atoms with van der Waals surface area (Å²) in [4.78, 5) is 12.1. The zero-order chi connectivity index (χ0) is 15.7. The van der Waals surface area contributed by atoms with Crippen LogP contribution in [0.15, 0.2) is 30.5 Å². The summed E-state index contributed by atoms with van der Waals surface area (Å²) < 4.78 is 37.9. The highest BCUT2D eigenvalue weighted by atomic mass is 19.4. The number of nitrogens with one attached hydrogen (secondary N) is 2. The Bertz CT molecular complexity index is 635. The number of halogens is 3. The fourth-order valence-electron chi connectivity index (χ4n) is 1.76. The number of hydrogen-bond acceptors (Lipinski definition) is 3. The standard InChI is InChI=1S/C13H13F3N4O/c1-12(2,10-7-17-20-19-10)18-11(21)8-4-3-5-9(6-8)13(14,15)16/h3-7H,1-2H3,(H,18,21)(H,17,19,20). The molecule has 0 saturated carbocycles. The molecule has 2 aromatic rings. The third kappa shape index (κ3) is 3.39. The molecule has 0 saturated heterocycles. The highest BCUT2D eigenvalue weighted by Crippen LogP contribution is 2.29. The third-order valence-electron chi connectivity index (χ3n) is 2.93. The molecule has 0 atom stereocenters. The Morgan fingerprint density at radius 2 is 2.00 bits per heavy atom. The average Bonchev–Trinajstić information content (AvgIpc) is 2.92. The normalized spacial score (nSPS) is 12.2. The van der Waals surface area contributed by atoms with Crippen LogP contribution in [0.2, 0.25) is 0 Å². The lowest BCUT2D eigenvalue weighted by atomic mass is 10.0. The van der Waals surface area contributed by atoms with Crippen LogP contribution in [0, 0.1) is 0 Å². The Morgan fingerprint density at radius 3 is 2.57 bits per heavy atom. The Kier molecular flexibility index (Phi) is 3.71. The number of aromatic nitrogens is 3.